The minimum absolute atomic E-state index is 0.0311. The molecule has 152 valence electrons. The molecule has 4 heterocycles. The molecule has 29 heavy (non-hydrogen) atoms. The van der Waals surface area contributed by atoms with Crippen molar-refractivity contribution in [2.24, 2.45) is 0 Å². The zero-order chi connectivity index (χ0) is 19.6. The van der Waals surface area contributed by atoms with Gasteiger partial charge in [0.05, 0.1) is 31.1 Å². The van der Waals surface area contributed by atoms with Gasteiger partial charge in [-0.05, 0) is 43.5 Å². The topological polar surface area (TPSA) is 66.9 Å². The van der Waals surface area contributed by atoms with Crippen LogP contribution < -0.4 is 15.1 Å². The first-order valence-corrected chi connectivity index (χ1v) is 10.4. The summed E-state index contributed by atoms with van der Waals surface area (Å²) < 4.78 is 11.3. The molecular weight excluding hydrogens is 368 g/mol. The van der Waals surface area contributed by atoms with Gasteiger partial charge in [-0.2, -0.15) is 0 Å². The van der Waals surface area contributed by atoms with Crippen LogP contribution in [0.25, 0.3) is 0 Å². The Bertz CT molecular complexity index is 891. The van der Waals surface area contributed by atoms with Crippen molar-refractivity contribution in [2.45, 2.75) is 31.9 Å². The van der Waals surface area contributed by atoms with Crippen LogP contribution in [0.15, 0.2) is 36.5 Å². The van der Waals surface area contributed by atoms with Gasteiger partial charge >= 0.3 is 0 Å². The first-order valence-electron chi connectivity index (χ1n) is 10.4. The van der Waals surface area contributed by atoms with Crippen molar-refractivity contribution in [1.29, 1.82) is 0 Å². The Balaban J connectivity index is 1.54. The molecule has 3 aliphatic heterocycles. The second kappa shape index (κ2) is 8.00. The number of nitrogens with zero attached hydrogens (tertiary/aromatic N) is 3. The van der Waals surface area contributed by atoms with Crippen LogP contribution in [-0.2, 0) is 20.8 Å². The molecule has 0 bridgehead atoms. The van der Waals surface area contributed by atoms with Crippen molar-refractivity contribution in [3.05, 3.63) is 42.1 Å². The van der Waals surface area contributed by atoms with Crippen molar-refractivity contribution in [2.75, 3.05) is 48.0 Å². The number of pyridine rings is 1. The maximum Gasteiger partial charge on any atom is 0.256 e. The predicted molar refractivity (Wildman–Crippen MR) is 112 cm³/mol. The smallest absolute Gasteiger partial charge is 0.256 e. The van der Waals surface area contributed by atoms with Crippen LogP contribution in [0.1, 0.15) is 24.8 Å². The van der Waals surface area contributed by atoms with Crippen molar-refractivity contribution < 1.29 is 14.3 Å². The molecule has 0 radical (unpaired) electrons. The first kappa shape index (κ1) is 18.4. The highest BCUT2D eigenvalue weighted by Crippen LogP contribution is 2.38. The number of amides is 1. The second-order valence-corrected chi connectivity index (χ2v) is 7.72. The Morgan fingerprint density at radius 3 is 2.86 bits per heavy atom. The quantitative estimate of drug-likeness (QED) is 0.844. The van der Waals surface area contributed by atoms with Crippen LogP contribution in [0.3, 0.4) is 0 Å². The summed E-state index contributed by atoms with van der Waals surface area (Å²) in [6, 6.07) is 10.2. The van der Waals surface area contributed by atoms with Crippen molar-refractivity contribution >= 4 is 28.8 Å². The average Bonchev–Trinajstić information content (AvgIpc) is 2.96. The van der Waals surface area contributed by atoms with Gasteiger partial charge in [0.15, 0.2) is 0 Å². The van der Waals surface area contributed by atoms with E-state index in [0.717, 1.165) is 74.0 Å². The number of hydrogen-bond donors (Lipinski definition) is 1. The van der Waals surface area contributed by atoms with E-state index < -0.39 is 0 Å². The molecule has 2 fully saturated rings. The van der Waals surface area contributed by atoms with Crippen LogP contribution in [0.2, 0.25) is 0 Å². The second-order valence-electron chi connectivity index (χ2n) is 7.72. The molecule has 0 spiro atoms. The maximum atomic E-state index is 13.5. The molecule has 1 atom stereocenters. The van der Waals surface area contributed by atoms with E-state index >= 15 is 0 Å². The van der Waals surface area contributed by atoms with Crippen LogP contribution in [0.5, 0.6) is 0 Å². The molecule has 1 aromatic carbocycles. The molecule has 5 rings (SSSR count). The summed E-state index contributed by atoms with van der Waals surface area (Å²) in [6.45, 7) is 4.30. The minimum Gasteiger partial charge on any atom is -0.378 e. The van der Waals surface area contributed by atoms with Crippen LogP contribution in [-0.4, -0.2) is 49.9 Å². The number of carbonyl (C=O) groups excluding carboxylic acids is 1. The molecule has 1 aromatic heterocycles. The molecule has 0 saturated carbocycles. The van der Waals surface area contributed by atoms with Crippen molar-refractivity contribution in [3.63, 3.8) is 0 Å². The number of hydrogen-bond acceptors (Lipinski definition) is 6. The fourth-order valence-electron chi connectivity index (χ4n) is 4.24. The third kappa shape index (κ3) is 3.68. The lowest BCUT2D eigenvalue weighted by Crippen LogP contribution is -2.42. The summed E-state index contributed by atoms with van der Waals surface area (Å²) in [5, 5.41) is 3.43. The fourth-order valence-corrected chi connectivity index (χ4v) is 4.24. The lowest BCUT2D eigenvalue weighted by molar-refractivity contribution is -0.132. The predicted octanol–water partition coefficient (Wildman–Crippen LogP) is 3.08. The standard InChI is InChI=1S/C22H26N4O3/c27-22(20-5-1-2-11-29-20)26-15-16-4-3-8-23-21(16)24-18-7-6-17(14-19(18)26)25-9-12-28-13-10-25/h3-4,6-8,14,20H,1-2,5,9-13,15H2,(H,23,24). The Morgan fingerprint density at radius 1 is 1.14 bits per heavy atom. The lowest BCUT2D eigenvalue weighted by atomic mass is 10.1. The van der Waals surface area contributed by atoms with Gasteiger partial charge in [-0.25, -0.2) is 4.98 Å². The highest BCUT2D eigenvalue weighted by atomic mass is 16.5. The number of carbonyl (C=O) groups is 1. The minimum atomic E-state index is -0.373. The SMILES string of the molecule is O=C(C1CCCCO1)N1Cc2cccnc2Nc2ccc(N3CCOCC3)cc21. The zero-order valence-corrected chi connectivity index (χ0v) is 16.5. The van der Waals surface area contributed by atoms with Crippen LogP contribution in [0, 0.1) is 0 Å². The molecule has 2 aromatic rings. The van der Waals surface area contributed by atoms with Crippen molar-refractivity contribution in [1.82, 2.24) is 4.98 Å². The number of ether oxygens (including phenoxy) is 2. The Morgan fingerprint density at radius 2 is 2.03 bits per heavy atom. The summed E-state index contributed by atoms with van der Waals surface area (Å²) >= 11 is 0. The Hall–Kier alpha value is -2.64. The molecule has 1 unspecified atom stereocenters. The lowest BCUT2D eigenvalue weighted by Gasteiger charge is -2.32. The molecular formula is C22H26N4O3. The number of benzene rings is 1. The van der Waals surface area contributed by atoms with Gasteiger partial charge in [0, 0.05) is 37.1 Å². The molecule has 3 aliphatic rings. The average molecular weight is 394 g/mol. The largest absolute Gasteiger partial charge is 0.378 e. The van der Waals surface area contributed by atoms with Gasteiger partial charge in [0.1, 0.15) is 11.9 Å². The molecule has 7 nitrogen and oxygen atoms in total. The number of aromatic nitrogens is 1. The third-order valence-electron chi connectivity index (χ3n) is 5.84. The van der Waals surface area contributed by atoms with E-state index in [1.54, 1.807) is 6.20 Å². The highest BCUT2D eigenvalue weighted by Gasteiger charge is 2.32. The molecule has 2 saturated heterocycles. The first-order chi connectivity index (χ1) is 14.3. The van der Waals surface area contributed by atoms with Crippen LogP contribution in [0.4, 0.5) is 22.9 Å². The number of rotatable bonds is 2. The summed E-state index contributed by atoms with van der Waals surface area (Å²) in [6.07, 6.45) is 4.23. The van der Waals surface area contributed by atoms with Gasteiger partial charge in [-0.3, -0.25) is 4.79 Å². The van der Waals surface area contributed by atoms with Crippen LogP contribution >= 0.6 is 0 Å². The van der Waals surface area contributed by atoms with Crippen molar-refractivity contribution in [3.8, 4) is 0 Å². The number of morpholine rings is 1. The molecule has 1 N–H and O–H groups in total. The third-order valence-corrected chi connectivity index (χ3v) is 5.84. The van der Waals surface area contributed by atoms with Gasteiger partial charge in [0.2, 0.25) is 0 Å². The van der Waals surface area contributed by atoms with E-state index in [0.29, 0.717) is 13.2 Å². The molecule has 7 heteroatoms. The summed E-state index contributed by atoms with van der Waals surface area (Å²) in [7, 11) is 0. The van der Waals surface area contributed by atoms with Gasteiger partial charge in [-0.15, -0.1) is 0 Å². The van der Waals surface area contributed by atoms with E-state index in [1.807, 2.05) is 23.1 Å². The van der Waals surface area contributed by atoms with E-state index in [4.69, 9.17) is 9.47 Å². The van der Waals surface area contributed by atoms with E-state index in [2.05, 4.69) is 27.3 Å². The highest BCUT2D eigenvalue weighted by molar-refractivity contribution is 6.01. The Kier molecular flexibility index (Phi) is 5.08. The number of fused-ring (bicyclic) bond motifs is 2. The maximum absolute atomic E-state index is 13.5. The summed E-state index contributed by atoms with van der Waals surface area (Å²) in [4.78, 5) is 22.2. The van der Waals surface area contributed by atoms with E-state index in [-0.39, 0.29) is 12.0 Å². The Labute approximate surface area is 170 Å². The van der Waals surface area contributed by atoms with E-state index in [9.17, 15) is 4.79 Å². The monoisotopic (exact) mass is 394 g/mol. The van der Waals surface area contributed by atoms with Gasteiger partial charge in [0.25, 0.3) is 5.91 Å². The summed E-state index contributed by atoms with van der Waals surface area (Å²) in [5.41, 5.74) is 3.88. The zero-order valence-electron chi connectivity index (χ0n) is 16.5. The summed E-state index contributed by atoms with van der Waals surface area (Å²) in [5.74, 6) is 0.830. The number of anilines is 4. The van der Waals surface area contributed by atoms with E-state index in [1.165, 1.54) is 0 Å². The fraction of sp³-hybridized carbons (Fsp3) is 0.455. The molecule has 1 amide bonds. The number of nitrogens with one attached hydrogen (secondary N) is 1. The van der Waals surface area contributed by atoms with Gasteiger partial charge < -0.3 is 24.6 Å². The van der Waals surface area contributed by atoms with Gasteiger partial charge in [-0.1, -0.05) is 6.07 Å². The molecule has 0 aliphatic carbocycles. The normalized spacial score (nSPS) is 21.6.